The number of thiophene rings is 1. The van der Waals surface area contributed by atoms with E-state index in [1.807, 2.05) is 6.07 Å². The molecule has 24 heavy (non-hydrogen) atoms. The van der Waals surface area contributed by atoms with Gasteiger partial charge < -0.3 is 5.32 Å². The molecular formula is C20H24N2OS. The van der Waals surface area contributed by atoms with Gasteiger partial charge in [0, 0.05) is 17.0 Å². The lowest BCUT2D eigenvalue weighted by molar-refractivity contribution is 0.0218. The fraction of sp³-hybridized carbons (Fsp3) is 0.450. The van der Waals surface area contributed by atoms with E-state index >= 15 is 0 Å². The molecule has 2 atom stereocenters. The van der Waals surface area contributed by atoms with Gasteiger partial charge in [0.1, 0.15) is 0 Å². The average molecular weight is 340 g/mol. The van der Waals surface area contributed by atoms with Crippen LogP contribution in [0.4, 0.5) is 0 Å². The Morgan fingerprint density at radius 2 is 1.92 bits per heavy atom. The smallest absolute Gasteiger partial charge is 0.261 e. The van der Waals surface area contributed by atoms with Crippen LogP contribution < -0.4 is 5.32 Å². The average Bonchev–Trinajstić information content (AvgIpc) is 3.09. The van der Waals surface area contributed by atoms with Gasteiger partial charge in [-0.3, -0.25) is 9.69 Å². The molecule has 1 N–H and O–H groups in total. The number of benzene rings is 1. The summed E-state index contributed by atoms with van der Waals surface area (Å²) in [4.78, 5) is 17.2. The standard InChI is InChI=1S/C20H24N2OS/c1-13-5-3-4-6-16(13)17-7-8-18(24-17)20(23)21-19-14(2)22-11-9-15(19)10-12-22/h3-8,14-15,19H,9-12H2,1-2H3,(H,21,23). The number of nitrogens with one attached hydrogen (secondary N) is 1. The molecule has 2 unspecified atom stereocenters. The van der Waals surface area contributed by atoms with Crippen molar-refractivity contribution >= 4 is 17.2 Å². The second kappa shape index (κ2) is 6.34. The van der Waals surface area contributed by atoms with Gasteiger partial charge in [0.15, 0.2) is 0 Å². The van der Waals surface area contributed by atoms with E-state index in [0.717, 1.165) is 4.88 Å². The van der Waals surface area contributed by atoms with Crippen molar-refractivity contribution in [1.82, 2.24) is 10.2 Å². The van der Waals surface area contributed by atoms with Crippen molar-refractivity contribution in [3.8, 4) is 10.4 Å². The monoisotopic (exact) mass is 340 g/mol. The molecule has 4 heteroatoms. The maximum Gasteiger partial charge on any atom is 0.261 e. The van der Waals surface area contributed by atoms with Gasteiger partial charge in [-0.1, -0.05) is 24.3 Å². The van der Waals surface area contributed by atoms with Crippen molar-refractivity contribution in [2.75, 3.05) is 13.1 Å². The lowest BCUT2D eigenvalue weighted by Gasteiger charge is -2.49. The van der Waals surface area contributed by atoms with E-state index in [-0.39, 0.29) is 5.91 Å². The molecule has 0 saturated carbocycles. The zero-order valence-corrected chi connectivity index (χ0v) is 15.1. The minimum absolute atomic E-state index is 0.0884. The van der Waals surface area contributed by atoms with Crippen molar-refractivity contribution in [2.45, 2.75) is 38.8 Å². The highest BCUT2D eigenvalue weighted by Crippen LogP contribution is 2.33. The van der Waals surface area contributed by atoms with E-state index in [9.17, 15) is 4.79 Å². The highest BCUT2D eigenvalue weighted by atomic mass is 32.1. The minimum Gasteiger partial charge on any atom is -0.347 e. The van der Waals surface area contributed by atoms with Crippen LogP contribution in [-0.2, 0) is 0 Å². The number of amides is 1. The van der Waals surface area contributed by atoms with E-state index in [0.29, 0.717) is 18.0 Å². The number of hydrogen-bond donors (Lipinski definition) is 1. The van der Waals surface area contributed by atoms with E-state index in [1.165, 1.54) is 41.9 Å². The number of fused-ring (bicyclic) bond motifs is 3. The first kappa shape index (κ1) is 15.9. The number of carbonyl (C=O) groups is 1. The Bertz CT molecular complexity index is 744. The first-order chi connectivity index (χ1) is 11.6. The van der Waals surface area contributed by atoms with Gasteiger partial charge in [0.05, 0.1) is 4.88 Å². The lowest BCUT2D eigenvalue weighted by Crippen LogP contribution is -2.62. The maximum absolute atomic E-state index is 12.7. The van der Waals surface area contributed by atoms with Gasteiger partial charge in [-0.05, 0) is 69.0 Å². The molecule has 3 aliphatic heterocycles. The molecule has 5 rings (SSSR count). The van der Waals surface area contributed by atoms with Gasteiger partial charge in [0.25, 0.3) is 5.91 Å². The van der Waals surface area contributed by atoms with Crippen LogP contribution in [0.5, 0.6) is 0 Å². The summed E-state index contributed by atoms with van der Waals surface area (Å²) in [6.45, 7) is 6.75. The minimum atomic E-state index is 0.0884. The van der Waals surface area contributed by atoms with Crippen LogP contribution in [0, 0.1) is 12.8 Å². The Morgan fingerprint density at radius 3 is 2.62 bits per heavy atom. The van der Waals surface area contributed by atoms with E-state index in [2.05, 4.69) is 54.4 Å². The summed E-state index contributed by atoms with van der Waals surface area (Å²) >= 11 is 1.59. The maximum atomic E-state index is 12.7. The Labute approximate surface area is 147 Å². The third-order valence-electron chi connectivity index (χ3n) is 5.72. The number of hydrogen-bond acceptors (Lipinski definition) is 3. The van der Waals surface area contributed by atoms with Gasteiger partial charge in [-0.2, -0.15) is 0 Å². The molecular weight excluding hydrogens is 316 g/mol. The van der Waals surface area contributed by atoms with Crippen LogP contribution in [0.25, 0.3) is 10.4 Å². The SMILES string of the molecule is Cc1ccccc1-c1ccc(C(=O)NC2C3CCN(CC3)C2C)s1. The summed E-state index contributed by atoms with van der Waals surface area (Å²) in [5, 5.41) is 3.33. The van der Waals surface area contributed by atoms with Crippen molar-refractivity contribution in [1.29, 1.82) is 0 Å². The molecule has 4 heterocycles. The Balaban J connectivity index is 1.51. The topological polar surface area (TPSA) is 32.3 Å². The summed E-state index contributed by atoms with van der Waals surface area (Å²) in [5.41, 5.74) is 2.47. The highest BCUT2D eigenvalue weighted by Gasteiger charge is 2.40. The molecule has 2 aromatic rings. The van der Waals surface area contributed by atoms with Gasteiger partial charge >= 0.3 is 0 Å². The third kappa shape index (κ3) is 2.78. The largest absolute Gasteiger partial charge is 0.347 e. The summed E-state index contributed by atoms with van der Waals surface area (Å²) < 4.78 is 0. The summed E-state index contributed by atoms with van der Waals surface area (Å²) in [6.07, 6.45) is 2.43. The molecule has 1 aromatic carbocycles. The zero-order chi connectivity index (χ0) is 16.7. The molecule has 0 radical (unpaired) electrons. The molecule has 2 bridgehead atoms. The predicted octanol–water partition coefficient (Wildman–Crippen LogP) is 3.94. The molecule has 3 saturated heterocycles. The number of piperidine rings is 3. The molecule has 126 valence electrons. The van der Waals surface area contributed by atoms with E-state index in [1.54, 1.807) is 11.3 Å². The molecule has 3 aliphatic rings. The third-order valence-corrected chi connectivity index (χ3v) is 6.83. The molecule has 3 nitrogen and oxygen atoms in total. The van der Waals surface area contributed by atoms with Crippen molar-refractivity contribution in [3.63, 3.8) is 0 Å². The highest BCUT2D eigenvalue weighted by molar-refractivity contribution is 7.17. The van der Waals surface area contributed by atoms with Crippen LogP contribution in [0.1, 0.15) is 35.0 Å². The Morgan fingerprint density at radius 1 is 1.17 bits per heavy atom. The molecule has 0 aliphatic carbocycles. The van der Waals surface area contributed by atoms with Crippen LogP contribution >= 0.6 is 11.3 Å². The number of rotatable bonds is 3. The van der Waals surface area contributed by atoms with Crippen LogP contribution in [0.15, 0.2) is 36.4 Å². The number of carbonyl (C=O) groups excluding carboxylic acids is 1. The Kier molecular flexibility index (Phi) is 4.19. The fourth-order valence-electron chi connectivity index (χ4n) is 4.22. The van der Waals surface area contributed by atoms with Gasteiger partial charge in [-0.15, -0.1) is 11.3 Å². The summed E-state index contributed by atoms with van der Waals surface area (Å²) in [7, 11) is 0. The van der Waals surface area contributed by atoms with Crippen molar-refractivity contribution in [3.05, 3.63) is 46.8 Å². The number of nitrogens with zero attached hydrogens (tertiary/aromatic N) is 1. The molecule has 1 aromatic heterocycles. The van der Waals surface area contributed by atoms with E-state index in [4.69, 9.17) is 0 Å². The van der Waals surface area contributed by atoms with E-state index < -0.39 is 0 Å². The fourth-order valence-corrected chi connectivity index (χ4v) is 5.22. The normalized spacial score (nSPS) is 28.8. The summed E-state index contributed by atoms with van der Waals surface area (Å²) in [5.74, 6) is 0.732. The van der Waals surface area contributed by atoms with Crippen LogP contribution in [0.2, 0.25) is 0 Å². The Hall–Kier alpha value is -1.65. The quantitative estimate of drug-likeness (QED) is 0.918. The molecule has 0 spiro atoms. The zero-order valence-electron chi connectivity index (χ0n) is 14.3. The molecule has 1 amide bonds. The van der Waals surface area contributed by atoms with Gasteiger partial charge in [-0.25, -0.2) is 0 Å². The number of aryl methyl sites for hydroxylation is 1. The summed E-state index contributed by atoms with van der Waals surface area (Å²) in [6, 6.07) is 13.1. The first-order valence-corrected chi connectivity index (χ1v) is 9.66. The van der Waals surface area contributed by atoms with Gasteiger partial charge in [0.2, 0.25) is 0 Å². The van der Waals surface area contributed by atoms with Crippen molar-refractivity contribution in [2.24, 2.45) is 5.92 Å². The lowest BCUT2D eigenvalue weighted by atomic mass is 9.79. The first-order valence-electron chi connectivity index (χ1n) is 8.84. The van der Waals surface area contributed by atoms with Crippen molar-refractivity contribution < 1.29 is 4.79 Å². The predicted molar refractivity (Wildman–Crippen MR) is 99.5 cm³/mol. The second-order valence-electron chi connectivity index (χ2n) is 7.09. The van der Waals surface area contributed by atoms with Crippen LogP contribution in [0.3, 0.4) is 0 Å². The second-order valence-corrected chi connectivity index (χ2v) is 8.18. The molecule has 3 fully saturated rings. The van der Waals surface area contributed by atoms with Crippen LogP contribution in [-0.4, -0.2) is 36.0 Å².